The Morgan fingerprint density at radius 3 is 1.03 bits per heavy atom. The van der Waals surface area contributed by atoms with Gasteiger partial charge in [-0.15, -0.1) is 0 Å². The van der Waals surface area contributed by atoms with Gasteiger partial charge in [0.25, 0.3) is 30.4 Å². The highest BCUT2D eigenvalue weighted by Crippen LogP contribution is 2.47. The third-order valence-electron chi connectivity index (χ3n) is 14.8. The summed E-state index contributed by atoms with van der Waals surface area (Å²) in [5.41, 5.74) is 7.18. The van der Waals surface area contributed by atoms with Crippen molar-refractivity contribution in [3.05, 3.63) is 151 Å². The number of nitrogens with two attached hydrogens (primary N) is 2. The summed E-state index contributed by atoms with van der Waals surface area (Å²) in [4.78, 5) is 76.2. The average molecular weight is 1310 g/mol. The molecule has 2 aliphatic carbocycles. The number of benzene rings is 6. The zero-order valence-electron chi connectivity index (χ0n) is 47.7. The largest absolute Gasteiger partial charge is 0.397 e. The van der Waals surface area contributed by atoms with Gasteiger partial charge in [0, 0.05) is 53.0 Å². The zero-order chi connectivity index (χ0) is 65.8. The van der Waals surface area contributed by atoms with Crippen LogP contribution in [0.4, 0.5) is 78.1 Å². The van der Waals surface area contributed by atoms with Gasteiger partial charge in [-0.3, -0.25) is 32.8 Å². The number of nitrogens with one attached hydrogen (secondary N) is 6. The summed E-state index contributed by atoms with van der Waals surface area (Å²) in [7, 11) is -19.7. The molecule has 0 unspecified atom stereocenters. The molecule has 6 aromatic carbocycles. The van der Waals surface area contributed by atoms with Crippen LogP contribution in [0.5, 0.6) is 0 Å². The molecule has 0 aliphatic heterocycles. The highest BCUT2D eigenvalue weighted by Gasteiger charge is 2.40. The Kier molecular flexibility index (Phi) is 15.8. The van der Waals surface area contributed by atoms with Crippen molar-refractivity contribution in [3.63, 3.8) is 0 Å². The number of carbonyl (C=O) groups is 4. The van der Waals surface area contributed by atoms with Crippen molar-refractivity contribution in [3.8, 4) is 0 Å². The van der Waals surface area contributed by atoms with E-state index in [1.807, 2.05) is 0 Å². The second kappa shape index (κ2) is 22.5. The Morgan fingerprint density at radius 2 is 0.722 bits per heavy atom. The lowest BCUT2D eigenvalue weighted by molar-refractivity contribution is 0.0980. The maximum atomic E-state index is 15.3. The van der Waals surface area contributed by atoms with Gasteiger partial charge >= 0.3 is 12.2 Å². The van der Waals surface area contributed by atoms with Gasteiger partial charge in [-0.1, -0.05) is 48.5 Å². The fourth-order valence-corrected chi connectivity index (χ4v) is 14.7. The molecule has 13 N–H and O–H groups in total. The van der Waals surface area contributed by atoms with E-state index in [4.69, 9.17) is 11.5 Å². The third-order valence-corrected chi connectivity index (χ3v) is 19.1. The van der Waals surface area contributed by atoms with E-state index in [-0.39, 0.29) is 108 Å². The van der Waals surface area contributed by atoms with Crippen molar-refractivity contribution >= 4 is 133 Å². The Hall–Kier alpha value is -10.0. The first-order valence-corrected chi connectivity index (χ1v) is 32.3. The molecule has 2 heterocycles. The maximum absolute atomic E-state index is 15.3. The number of nitrogen functional groups attached to an aromatic ring is 2. The summed E-state index contributed by atoms with van der Waals surface area (Å²) in [5, 5.41) is 16.7. The second-order valence-electron chi connectivity index (χ2n) is 20.5. The van der Waals surface area contributed by atoms with E-state index in [1.165, 1.54) is 90.1 Å². The van der Waals surface area contributed by atoms with Crippen LogP contribution in [0.1, 0.15) is 97.1 Å². The molecule has 10 rings (SSSR count). The molecule has 8 aromatic rings. The van der Waals surface area contributed by atoms with Gasteiger partial charge < -0.3 is 43.4 Å². The zero-order valence-corrected chi connectivity index (χ0v) is 50.9. The summed E-state index contributed by atoms with van der Waals surface area (Å²) in [6.07, 6.45) is -1.83. The lowest BCUT2D eigenvalue weighted by Gasteiger charge is -2.26. The number of aromatic nitrogens is 6. The molecule has 2 aromatic heterocycles. The first-order chi connectivity index (χ1) is 42.0. The van der Waals surface area contributed by atoms with Crippen molar-refractivity contribution in [1.82, 2.24) is 29.9 Å². The van der Waals surface area contributed by atoms with Crippen molar-refractivity contribution in [2.75, 3.05) is 62.7 Å². The van der Waals surface area contributed by atoms with E-state index in [2.05, 4.69) is 61.8 Å². The average Bonchev–Trinajstić information content (AvgIpc) is 0.740. The Labute approximate surface area is 509 Å². The van der Waals surface area contributed by atoms with E-state index < -0.39 is 148 Å². The minimum atomic E-state index is -5.20. The Bertz CT molecular complexity index is 4760. The molecule has 35 heteroatoms. The molecule has 466 valence electrons. The maximum Gasteiger partial charge on any atom is 0.315 e. The topological polar surface area (TPSA) is 467 Å². The number of anilines is 12. The van der Waals surface area contributed by atoms with Crippen molar-refractivity contribution < 1.29 is 75.3 Å². The second-order valence-corrected chi connectivity index (χ2v) is 26.6. The molecule has 0 atom stereocenters. The number of hydrogen-bond acceptors (Lipinski definition) is 26. The molecule has 29 nitrogen and oxygen atoms in total. The number of rotatable bonds is 17. The molecular formula is C55H48F2N14O15S4. The van der Waals surface area contributed by atoms with E-state index in [9.17, 15) is 66.5 Å². The Balaban J connectivity index is 0.920. The number of carbonyl (C=O) groups excluding carboxylic acids is 4. The fraction of sp³-hybridized carbons (Fsp3) is 0.164. The summed E-state index contributed by atoms with van der Waals surface area (Å²) >= 11 is 0. The predicted molar refractivity (Wildman–Crippen MR) is 322 cm³/mol. The highest BCUT2D eigenvalue weighted by atomic mass is 32.2. The van der Waals surface area contributed by atoms with Crippen molar-refractivity contribution in [2.45, 2.75) is 61.1 Å². The van der Waals surface area contributed by atoms with Crippen LogP contribution in [0.25, 0.3) is 0 Å². The van der Waals surface area contributed by atoms with Gasteiger partial charge in [-0.05, 0) is 87.1 Å². The minimum Gasteiger partial charge on any atom is -0.397 e. The number of halogens is 2. The number of hydrogen-bond donors (Lipinski definition) is 11. The normalized spacial score (nSPS) is 13.1. The summed E-state index contributed by atoms with van der Waals surface area (Å²) in [5.74, 6) is -5.18. The molecule has 0 fully saturated rings. The first kappa shape index (κ1) is 63.0. The standard InChI is InChI=1S/C55H48F2N14O15S4/c1-20-40(62-30-18-32(88(78,79)80)38(58)36-34(30)44(72)26-12-8-10-14-28(26)46(36)74)22(3)48(87(7,76)77)23(4)42(20)64-54-68-50(56)66-52(70-54)60-16-17-61-53-67-51(57)69-55(71-53)65-43-21(2)41(24(5)49(25(43)6)90(84,85)86)63-31-19-33(89(81,82)83)39(59)37-35(31)45(73)27-13-9-11-15-29(27)47(37)75/h8-15,18-19,62-63H,16-17,58-59H2,1-7H3,(H,78,79,80)(H,81,82,83)(H,84,85,86)(H2,60,64,66,68,70)(H2,61,65,67,69,71). The predicted octanol–water partition coefficient (Wildman–Crippen LogP) is 6.54. The summed E-state index contributed by atoms with van der Waals surface area (Å²) in [6, 6.07) is 12.8. The van der Waals surface area contributed by atoms with Crippen molar-refractivity contribution in [2.24, 2.45) is 0 Å². The minimum absolute atomic E-state index is 0.0388. The number of nitrogens with zero attached hydrogens (tertiary/aromatic N) is 6. The van der Waals surface area contributed by atoms with Gasteiger partial charge in [0.15, 0.2) is 33.0 Å². The first-order valence-electron chi connectivity index (χ1n) is 26.1. The molecule has 2 aliphatic rings. The van der Waals surface area contributed by atoms with E-state index in [0.29, 0.717) is 0 Å². The smallest absolute Gasteiger partial charge is 0.315 e. The summed E-state index contributed by atoms with van der Waals surface area (Å²) < 4.78 is 166. The van der Waals surface area contributed by atoms with Gasteiger partial charge in [0.1, 0.15) is 14.7 Å². The molecule has 0 saturated carbocycles. The highest BCUT2D eigenvalue weighted by molar-refractivity contribution is 7.90. The van der Waals surface area contributed by atoms with E-state index in [1.54, 1.807) is 0 Å². The number of fused-ring (bicyclic) bond motifs is 4. The van der Waals surface area contributed by atoms with Crippen molar-refractivity contribution in [1.29, 1.82) is 0 Å². The van der Waals surface area contributed by atoms with Crippen LogP contribution in [0.3, 0.4) is 0 Å². The molecule has 0 spiro atoms. The van der Waals surface area contributed by atoms with Crippen LogP contribution in [-0.4, -0.2) is 120 Å². The quantitative estimate of drug-likeness (QED) is 0.0262. The molecule has 0 radical (unpaired) electrons. The van der Waals surface area contributed by atoms with Crippen LogP contribution >= 0.6 is 0 Å². The number of sulfone groups is 1. The van der Waals surface area contributed by atoms with Gasteiger partial charge in [-0.2, -0.15) is 63.9 Å². The SMILES string of the molecule is Cc1c(Nc2nc(F)nc(NCCNc3nc(F)nc(Nc4c(C)c(Nc5cc(S(=O)(=O)O)c(N)c6c5C(=O)c5ccccc5C6=O)c(C)c(S(=O)(=O)O)c4C)n3)n2)c(C)c(S(C)(=O)=O)c(C)c1Nc1cc(S(=O)(=O)O)c(N)c2c1C(=O)c1ccccc1C2=O. The lowest BCUT2D eigenvalue weighted by atomic mass is 9.82. The number of ketones is 4. The molecule has 90 heavy (non-hydrogen) atoms. The summed E-state index contributed by atoms with van der Waals surface area (Å²) in [6.45, 7) is 7.82. The van der Waals surface area contributed by atoms with Crippen LogP contribution in [-0.2, 0) is 40.2 Å². The Morgan fingerprint density at radius 1 is 0.422 bits per heavy atom. The molecule has 0 bridgehead atoms. The molecule has 0 amide bonds. The van der Waals surface area contributed by atoms with Gasteiger partial charge in [0.2, 0.25) is 23.8 Å². The van der Waals surface area contributed by atoms with Crippen LogP contribution in [0.15, 0.2) is 80.2 Å². The monoisotopic (exact) mass is 1310 g/mol. The van der Waals surface area contributed by atoms with Crippen LogP contribution in [0, 0.1) is 53.7 Å². The third kappa shape index (κ3) is 11.2. The van der Waals surface area contributed by atoms with E-state index in [0.717, 1.165) is 18.4 Å². The molecular weight excluding hydrogens is 1260 g/mol. The molecule has 0 saturated heterocycles. The van der Waals surface area contributed by atoms with Gasteiger partial charge in [0.05, 0.1) is 61.3 Å². The van der Waals surface area contributed by atoms with Crippen LogP contribution in [0.2, 0.25) is 0 Å². The van der Waals surface area contributed by atoms with Crippen LogP contribution < -0.4 is 43.4 Å². The van der Waals surface area contributed by atoms with Gasteiger partial charge in [-0.25, -0.2) is 8.42 Å². The fourth-order valence-electron chi connectivity index (χ4n) is 11.1. The lowest BCUT2D eigenvalue weighted by Crippen LogP contribution is -2.25. The van der Waals surface area contributed by atoms with E-state index >= 15 is 8.78 Å².